The van der Waals surface area contributed by atoms with Gasteiger partial charge in [0, 0.05) is 17.3 Å². The minimum absolute atomic E-state index is 0.609. The normalized spacial score (nSPS) is 10.4. The van der Waals surface area contributed by atoms with Crippen LogP contribution in [-0.4, -0.2) is 14.6 Å². The van der Waals surface area contributed by atoms with Crippen LogP contribution in [0.25, 0.3) is 11.7 Å². The SMILES string of the molecule is C=Cc1nc2cc(Cl)ccn2n1. The zero-order valence-corrected chi connectivity index (χ0v) is 6.99. The van der Waals surface area contributed by atoms with E-state index in [1.165, 1.54) is 0 Å². The summed E-state index contributed by atoms with van der Waals surface area (Å²) < 4.78 is 1.66. The lowest BCUT2D eigenvalue weighted by atomic mass is 10.5. The summed E-state index contributed by atoms with van der Waals surface area (Å²) in [4.78, 5) is 4.14. The van der Waals surface area contributed by atoms with Crippen LogP contribution in [0.1, 0.15) is 5.82 Å². The molecule has 0 aliphatic rings. The molecular formula is C8H6ClN3. The first-order chi connectivity index (χ1) is 5.79. The highest BCUT2D eigenvalue weighted by Crippen LogP contribution is 2.10. The van der Waals surface area contributed by atoms with Crippen molar-refractivity contribution in [2.45, 2.75) is 0 Å². The molecule has 0 spiro atoms. The fraction of sp³-hybridized carbons (Fsp3) is 0. The zero-order chi connectivity index (χ0) is 8.55. The molecule has 0 saturated heterocycles. The van der Waals surface area contributed by atoms with E-state index in [1.54, 1.807) is 28.9 Å². The quantitative estimate of drug-likeness (QED) is 0.671. The van der Waals surface area contributed by atoms with E-state index in [9.17, 15) is 0 Å². The Bertz CT molecular complexity index is 433. The minimum Gasteiger partial charge on any atom is -0.220 e. The second-order valence-electron chi connectivity index (χ2n) is 2.32. The van der Waals surface area contributed by atoms with Gasteiger partial charge in [-0.3, -0.25) is 0 Å². The molecule has 2 rings (SSSR count). The maximum absolute atomic E-state index is 5.76. The summed E-state index contributed by atoms with van der Waals surface area (Å²) in [5.74, 6) is 0.609. The number of nitrogens with zero attached hydrogens (tertiary/aromatic N) is 3. The van der Waals surface area contributed by atoms with Crippen molar-refractivity contribution in [2.75, 3.05) is 0 Å². The molecule has 0 atom stereocenters. The molecule has 0 unspecified atom stereocenters. The van der Waals surface area contributed by atoms with E-state index in [2.05, 4.69) is 16.7 Å². The topological polar surface area (TPSA) is 30.2 Å². The highest BCUT2D eigenvalue weighted by Gasteiger charge is 1.99. The van der Waals surface area contributed by atoms with Gasteiger partial charge in [-0.25, -0.2) is 9.50 Å². The molecule has 0 N–H and O–H groups in total. The molecule has 12 heavy (non-hydrogen) atoms. The van der Waals surface area contributed by atoms with Crippen LogP contribution in [-0.2, 0) is 0 Å². The summed E-state index contributed by atoms with van der Waals surface area (Å²) in [6, 6.07) is 3.51. The average Bonchev–Trinajstić information content (AvgIpc) is 2.46. The Labute approximate surface area is 74.3 Å². The van der Waals surface area contributed by atoms with Gasteiger partial charge in [0.15, 0.2) is 11.5 Å². The number of pyridine rings is 1. The summed E-state index contributed by atoms with van der Waals surface area (Å²) >= 11 is 5.76. The molecule has 4 heteroatoms. The van der Waals surface area contributed by atoms with Crippen LogP contribution in [0.5, 0.6) is 0 Å². The number of rotatable bonds is 1. The van der Waals surface area contributed by atoms with Gasteiger partial charge in [-0.05, 0) is 12.1 Å². The van der Waals surface area contributed by atoms with Crippen molar-refractivity contribution in [3.8, 4) is 0 Å². The Kier molecular flexibility index (Phi) is 1.59. The lowest BCUT2D eigenvalue weighted by Crippen LogP contribution is -1.84. The highest BCUT2D eigenvalue weighted by molar-refractivity contribution is 6.30. The third kappa shape index (κ3) is 1.08. The lowest BCUT2D eigenvalue weighted by Gasteiger charge is -1.89. The van der Waals surface area contributed by atoms with Gasteiger partial charge in [-0.15, -0.1) is 5.10 Å². The maximum atomic E-state index is 5.76. The molecule has 0 aliphatic heterocycles. The second-order valence-corrected chi connectivity index (χ2v) is 2.76. The van der Waals surface area contributed by atoms with Crippen LogP contribution in [0, 0.1) is 0 Å². The summed E-state index contributed by atoms with van der Waals surface area (Å²) in [5.41, 5.74) is 0.734. The first-order valence-corrected chi connectivity index (χ1v) is 3.82. The van der Waals surface area contributed by atoms with Crippen LogP contribution in [0.3, 0.4) is 0 Å². The van der Waals surface area contributed by atoms with Gasteiger partial charge in [0.05, 0.1) is 0 Å². The van der Waals surface area contributed by atoms with Gasteiger partial charge in [-0.1, -0.05) is 18.2 Å². The van der Waals surface area contributed by atoms with E-state index >= 15 is 0 Å². The van der Waals surface area contributed by atoms with Crippen LogP contribution in [0.15, 0.2) is 24.9 Å². The Hall–Kier alpha value is -1.35. The Morgan fingerprint density at radius 2 is 2.42 bits per heavy atom. The first-order valence-electron chi connectivity index (χ1n) is 3.44. The van der Waals surface area contributed by atoms with Gasteiger partial charge in [0.1, 0.15) is 0 Å². The third-order valence-electron chi connectivity index (χ3n) is 1.50. The summed E-state index contributed by atoms with van der Waals surface area (Å²) in [6.45, 7) is 3.58. The van der Waals surface area contributed by atoms with E-state index in [0.29, 0.717) is 10.8 Å². The van der Waals surface area contributed by atoms with E-state index in [4.69, 9.17) is 11.6 Å². The van der Waals surface area contributed by atoms with Gasteiger partial charge in [0.25, 0.3) is 0 Å². The monoisotopic (exact) mass is 179 g/mol. The molecule has 0 aromatic carbocycles. The molecule has 0 bridgehead atoms. The number of fused-ring (bicyclic) bond motifs is 1. The van der Waals surface area contributed by atoms with Crippen LogP contribution in [0.2, 0.25) is 5.02 Å². The van der Waals surface area contributed by atoms with Crippen molar-refractivity contribution in [3.63, 3.8) is 0 Å². The molecule has 0 radical (unpaired) electrons. The predicted octanol–water partition coefficient (Wildman–Crippen LogP) is 2.03. The van der Waals surface area contributed by atoms with Crippen molar-refractivity contribution in [1.29, 1.82) is 0 Å². The van der Waals surface area contributed by atoms with Crippen molar-refractivity contribution in [2.24, 2.45) is 0 Å². The van der Waals surface area contributed by atoms with E-state index in [0.717, 1.165) is 5.65 Å². The van der Waals surface area contributed by atoms with Gasteiger partial charge >= 0.3 is 0 Å². The van der Waals surface area contributed by atoms with Crippen LogP contribution < -0.4 is 0 Å². The highest BCUT2D eigenvalue weighted by atomic mass is 35.5. The van der Waals surface area contributed by atoms with E-state index in [1.807, 2.05) is 0 Å². The molecule has 0 amide bonds. The second kappa shape index (κ2) is 2.60. The number of aromatic nitrogens is 3. The standard InChI is InChI=1S/C8H6ClN3/c1-2-7-10-8-5-6(9)3-4-12(8)11-7/h2-5H,1H2. The maximum Gasteiger partial charge on any atom is 0.174 e. The summed E-state index contributed by atoms with van der Waals surface area (Å²) in [7, 11) is 0. The molecule has 0 saturated carbocycles. The predicted molar refractivity (Wildman–Crippen MR) is 48.1 cm³/mol. The van der Waals surface area contributed by atoms with Crippen molar-refractivity contribution >= 4 is 23.3 Å². The Morgan fingerprint density at radius 1 is 1.58 bits per heavy atom. The van der Waals surface area contributed by atoms with Crippen LogP contribution >= 0.6 is 11.6 Å². The number of halogens is 1. The number of hydrogen-bond acceptors (Lipinski definition) is 2. The zero-order valence-electron chi connectivity index (χ0n) is 6.24. The molecule has 3 nitrogen and oxygen atoms in total. The molecule has 0 fully saturated rings. The first kappa shape index (κ1) is 7.31. The Balaban J connectivity index is 2.75. The lowest BCUT2D eigenvalue weighted by molar-refractivity contribution is 0.954. The van der Waals surface area contributed by atoms with Gasteiger partial charge in [0.2, 0.25) is 0 Å². The van der Waals surface area contributed by atoms with Crippen molar-refractivity contribution in [1.82, 2.24) is 14.6 Å². The van der Waals surface area contributed by atoms with E-state index in [-0.39, 0.29) is 0 Å². The fourth-order valence-corrected chi connectivity index (χ4v) is 1.11. The molecule has 2 heterocycles. The molecule has 0 aliphatic carbocycles. The minimum atomic E-state index is 0.609. The van der Waals surface area contributed by atoms with Gasteiger partial charge in [-0.2, -0.15) is 0 Å². The summed E-state index contributed by atoms with van der Waals surface area (Å²) in [5, 5.41) is 4.76. The van der Waals surface area contributed by atoms with Crippen molar-refractivity contribution in [3.05, 3.63) is 35.8 Å². The Morgan fingerprint density at radius 3 is 3.17 bits per heavy atom. The third-order valence-corrected chi connectivity index (χ3v) is 1.73. The molecule has 2 aromatic heterocycles. The van der Waals surface area contributed by atoms with E-state index < -0.39 is 0 Å². The fourth-order valence-electron chi connectivity index (χ4n) is 0.960. The van der Waals surface area contributed by atoms with Crippen LogP contribution in [0.4, 0.5) is 0 Å². The molecule has 2 aromatic rings. The van der Waals surface area contributed by atoms with Crippen molar-refractivity contribution < 1.29 is 0 Å². The summed E-state index contributed by atoms with van der Waals surface area (Å²) in [6.07, 6.45) is 3.36. The van der Waals surface area contributed by atoms with Gasteiger partial charge < -0.3 is 0 Å². The average molecular weight is 180 g/mol. The largest absolute Gasteiger partial charge is 0.220 e. The molecular weight excluding hydrogens is 174 g/mol. The number of hydrogen-bond donors (Lipinski definition) is 0. The smallest absolute Gasteiger partial charge is 0.174 e. The molecule has 60 valence electrons.